The van der Waals surface area contributed by atoms with E-state index < -0.39 is 0 Å². The summed E-state index contributed by atoms with van der Waals surface area (Å²) in [5, 5.41) is 6.34. The van der Waals surface area contributed by atoms with Crippen molar-refractivity contribution in [3.63, 3.8) is 0 Å². The Bertz CT molecular complexity index is 999. The van der Waals surface area contributed by atoms with Gasteiger partial charge in [0.25, 0.3) is 5.91 Å². The molecule has 2 aromatic carbocycles. The van der Waals surface area contributed by atoms with E-state index in [1.165, 1.54) is 0 Å². The van der Waals surface area contributed by atoms with Crippen LogP contribution in [0.3, 0.4) is 0 Å². The largest absolute Gasteiger partial charge is 0.378 e. The van der Waals surface area contributed by atoms with E-state index in [9.17, 15) is 4.79 Å². The summed E-state index contributed by atoms with van der Waals surface area (Å²) in [6.07, 6.45) is 3.30. The zero-order chi connectivity index (χ0) is 20.1. The van der Waals surface area contributed by atoms with Crippen LogP contribution in [0.1, 0.15) is 15.9 Å². The third-order valence-electron chi connectivity index (χ3n) is 4.81. The predicted molar refractivity (Wildman–Crippen MR) is 116 cm³/mol. The monoisotopic (exact) mass is 388 g/mol. The fourth-order valence-electron chi connectivity index (χ4n) is 3.37. The fourth-order valence-corrected chi connectivity index (χ4v) is 3.37. The van der Waals surface area contributed by atoms with Crippen LogP contribution >= 0.6 is 0 Å². The molecule has 1 aliphatic heterocycles. The number of hydrogen-bond donors (Lipinski definition) is 2. The van der Waals surface area contributed by atoms with Crippen molar-refractivity contribution in [1.29, 1.82) is 0 Å². The number of carbonyl (C=O) groups excluding carboxylic acids is 1. The van der Waals surface area contributed by atoms with Crippen LogP contribution in [0.25, 0.3) is 0 Å². The maximum atomic E-state index is 12.6. The minimum absolute atomic E-state index is 0.187. The highest BCUT2D eigenvalue weighted by Gasteiger charge is 2.15. The molecule has 3 aromatic rings. The molecule has 0 bridgehead atoms. The third-order valence-corrected chi connectivity index (χ3v) is 4.81. The summed E-state index contributed by atoms with van der Waals surface area (Å²) >= 11 is 0. The van der Waals surface area contributed by atoms with Gasteiger partial charge in [-0.1, -0.05) is 24.3 Å². The van der Waals surface area contributed by atoms with Crippen molar-refractivity contribution in [1.82, 2.24) is 4.98 Å². The molecule has 0 atom stereocenters. The maximum Gasteiger partial charge on any atom is 0.257 e. The molecule has 6 heteroatoms. The molecule has 1 aliphatic rings. The summed E-state index contributed by atoms with van der Waals surface area (Å²) in [6, 6.07) is 17.7. The standard InChI is InChI=1S/C23H24N4O2/c1-17-5-4-6-19(13-17)26-23(28)18-14-20(16-24-15-18)25-21-7-2-3-8-22(21)27-9-11-29-12-10-27/h2-8,13-16,25H,9-12H2,1H3,(H,26,28). The fraction of sp³-hybridized carbons (Fsp3) is 0.217. The molecule has 2 heterocycles. The highest BCUT2D eigenvalue weighted by Crippen LogP contribution is 2.29. The summed E-state index contributed by atoms with van der Waals surface area (Å²) in [4.78, 5) is 19.2. The van der Waals surface area contributed by atoms with Gasteiger partial charge < -0.3 is 20.3 Å². The molecule has 1 amide bonds. The highest BCUT2D eigenvalue weighted by molar-refractivity contribution is 6.04. The SMILES string of the molecule is Cc1cccc(NC(=O)c2cncc(Nc3ccccc3N3CCOCC3)c2)c1. The van der Waals surface area contributed by atoms with Crippen molar-refractivity contribution in [3.05, 3.63) is 78.1 Å². The summed E-state index contributed by atoms with van der Waals surface area (Å²) in [7, 11) is 0. The molecular formula is C23H24N4O2. The van der Waals surface area contributed by atoms with Gasteiger partial charge in [0.05, 0.1) is 42.0 Å². The topological polar surface area (TPSA) is 66.5 Å². The van der Waals surface area contributed by atoms with E-state index in [0.717, 1.165) is 54.6 Å². The lowest BCUT2D eigenvalue weighted by atomic mass is 10.2. The first kappa shape index (κ1) is 19.0. The Hall–Kier alpha value is -3.38. The van der Waals surface area contributed by atoms with Crippen LogP contribution in [0.4, 0.5) is 22.7 Å². The van der Waals surface area contributed by atoms with E-state index in [2.05, 4.69) is 26.6 Å². The first-order valence-corrected chi connectivity index (χ1v) is 9.71. The number of benzene rings is 2. The number of ether oxygens (including phenoxy) is 1. The van der Waals surface area contributed by atoms with E-state index in [1.54, 1.807) is 12.4 Å². The minimum atomic E-state index is -0.187. The van der Waals surface area contributed by atoms with Gasteiger partial charge in [0.2, 0.25) is 0 Å². The van der Waals surface area contributed by atoms with Crippen molar-refractivity contribution in [2.75, 3.05) is 41.8 Å². The molecule has 0 aliphatic carbocycles. The second-order valence-corrected chi connectivity index (χ2v) is 7.03. The molecule has 0 spiro atoms. The van der Waals surface area contributed by atoms with Gasteiger partial charge in [-0.05, 0) is 42.8 Å². The minimum Gasteiger partial charge on any atom is -0.378 e. The molecule has 1 aromatic heterocycles. The second-order valence-electron chi connectivity index (χ2n) is 7.03. The third kappa shape index (κ3) is 4.73. The maximum absolute atomic E-state index is 12.6. The van der Waals surface area contributed by atoms with E-state index in [-0.39, 0.29) is 5.91 Å². The number of nitrogens with zero attached hydrogens (tertiary/aromatic N) is 2. The molecule has 1 fully saturated rings. The first-order valence-electron chi connectivity index (χ1n) is 9.71. The highest BCUT2D eigenvalue weighted by atomic mass is 16.5. The molecule has 29 heavy (non-hydrogen) atoms. The molecule has 0 radical (unpaired) electrons. The quantitative estimate of drug-likeness (QED) is 0.685. The molecule has 1 saturated heterocycles. The number of hydrogen-bond acceptors (Lipinski definition) is 5. The average Bonchev–Trinajstić information content (AvgIpc) is 2.75. The number of para-hydroxylation sites is 2. The molecule has 6 nitrogen and oxygen atoms in total. The number of anilines is 4. The molecule has 0 unspecified atom stereocenters. The molecule has 2 N–H and O–H groups in total. The van der Waals surface area contributed by atoms with Crippen LogP contribution in [0, 0.1) is 6.92 Å². The van der Waals surface area contributed by atoms with Crippen molar-refractivity contribution in [2.24, 2.45) is 0 Å². The zero-order valence-electron chi connectivity index (χ0n) is 16.4. The molecular weight excluding hydrogens is 364 g/mol. The Morgan fingerprint density at radius 3 is 2.66 bits per heavy atom. The lowest BCUT2D eigenvalue weighted by molar-refractivity contribution is 0.102. The predicted octanol–water partition coefficient (Wildman–Crippen LogP) is 4.22. The van der Waals surface area contributed by atoms with Crippen molar-refractivity contribution in [3.8, 4) is 0 Å². The summed E-state index contributed by atoms with van der Waals surface area (Å²) < 4.78 is 5.46. The van der Waals surface area contributed by atoms with Crippen LogP contribution < -0.4 is 15.5 Å². The van der Waals surface area contributed by atoms with Gasteiger partial charge in [0.15, 0.2) is 0 Å². The number of amides is 1. The van der Waals surface area contributed by atoms with E-state index in [0.29, 0.717) is 5.56 Å². The Morgan fingerprint density at radius 1 is 1.00 bits per heavy atom. The number of carbonyl (C=O) groups is 1. The van der Waals surface area contributed by atoms with Gasteiger partial charge in [-0.3, -0.25) is 9.78 Å². The van der Waals surface area contributed by atoms with Crippen LogP contribution in [-0.2, 0) is 4.74 Å². The lowest BCUT2D eigenvalue weighted by Gasteiger charge is -2.30. The normalized spacial score (nSPS) is 13.8. The van der Waals surface area contributed by atoms with Gasteiger partial charge in [0.1, 0.15) is 0 Å². The molecule has 0 saturated carbocycles. The number of aromatic nitrogens is 1. The Labute approximate surface area is 170 Å². The zero-order valence-corrected chi connectivity index (χ0v) is 16.4. The summed E-state index contributed by atoms with van der Waals surface area (Å²) in [5.74, 6) is -0.187. The van der Waals surface area contributed by atoms with E-state index >= 15 is 0 Å². The van der Waals surface area contributed by atoms with Crippen LogP contribution in [0.15, 0.2) is 67.0 Å². The van der Waals surface area contributed by atoms with Crippen LogP contribution in [0.5, 0.6) is 0 Å². The molecule has 148 valence electrons. The Morgan fingerprint density at radius 2 is 1.83 bits per heavy atom. The van der Waals surface area contributed by atoms with Crippen molar-refractivity contribution in [2.45, 2.75) is 6.92 Å². The number of morpholine rings is 1. The smallest absolute Gasteiger partial charge is 0.257 e. The van der Waals surface area contributed by atoms with E-state index in [1.807, 2.05) is 55.5 Å². The Balaban J connectivity index is 1.52. The van der Waals surface area contributed by atoms with Crippen LogP contribution in [0.2, 0.25) is 0 Å². The van der Waals surface area contributed by atoms with Gasteiger partial charge >= 0.3 is 0 Å². The van der Waals surface area contributed by atoms with Crippen molar-refractivity contribution < 1.29 is 9.53 Å². The lowest BCUT2D eigenvalue weighted by Crippen LogP contribution is -2.36. The summed E-state index contributed by atoms with van der Waals surface area (Å²) in [5.41, 5.74) is 5.22. The van der Waals surface area contributed by atoms with Gasteiger partial charge in [-0.15, -0.1) is 0 Å². The van der Waals surface area contributed by atoms with Gasteiger partial charge in [-0.2, -0.15) is 0 Å². The number of pyridine rings is 1. The Kier molecular flexibility index (Phi) is 5.72. The average molecular weight is 388 g/mol. The van der Waals surface area contributed by atoms with Crippen LogP contribution in [-0.4, -0.2) is 37.2 Å². The van der Waals surface area contributed by atoms with Crippen molar-refractivity contribution >= 4 is 28.7 Å². The second kappa shape index (κ2) is 8.75. The number of nitrogens with one attached hydrogen (secondary N) is 2. The van der Waals surface area contributed by atoms with Gasteiger partial charge in [-0.25, -0.2) is 0 Å². The summed E-state index contributed by atoms with van der Waals surface area (Å²) in [6.45, 7) is 5.16. The first-order chi connectivity index (χ1) is 14.2. The molecule has 4 rings (SSSR count). The van der Waals surface area contributed by atoms with E-state index in [4.69, 9.17) is 4.74 Å². The van der Waals surface area contributed by atoms with Gasteiger partial charge in [0, 0.05) is 25.0 Å². The number of aryl methyl sites for hydroxylation is 1. The number of rotatable bonds is 5.